The SMILES string of the molecule is Cc1nn(C)c2ncc(C(=O)N(C)[C@@H](C)c3cccc(NC(=O)c4ccccc4)c3)cc12. The summed E-state index contributed by atoms with van der Waals surface area (Å²) in [4.78, 5) is 31.7. The summed E-state index contributed by atoms with van der Waals surface area (Å²) in [5.74, 6) is -0.306. The molecule has 0 aliphatic heterocycles. The Labute approximate surface area is 186 Å². The van der Waals surface area contributed by atoms with Crippen LogP contribution in [0.3, 0.4) is 0 Å². The molecular weight excluding hydrogens is 402 g/mol. The summed E-state index contributed by atoms with van der Waals surface area (Å²) in [6, 6.07) is 18.2. The lowest BCUT2D eigenvalue weighted by molar-refractivity contribution is 0.0742. The number of hydrogen-bond acceptors (Lipinski definition) is 4. The highest BCUT2D eigenvalue weighted by atomic mass is 16.2. The maximum atomic E-state index is 13.2. The number of pyridine rings is 1. The van der Waals surface area contributed by atoms with Crippen LogP contribution in [0.5, 0.6) is 0 Å². The number of fused-ring (bicyclic) bond motifs is 1. The molecule has 4 aromatic rings. The number of anilines is 1. The van der Waals surface area contributed by atoms with Gasteiger partial charge in [0.15, 0.2) is 5.65 Å². The normalized spacial score (nSPS) is 11.9. The fraction of sp³-hybridized carbons (Fsp3) is 0.200. The van der Waals surface area contributed by atoms with Crippen LogP contribution in [0.1, 0.15) is 44.9 Å². The summed E-state index contributed by atoms with van der Waals surface area (Å²) in [6.45, 7) is 3.86. The topological polar surface area (TPSA) is 80.1 Å². The van der Waals surface area contributed by atoms with Crippen molar-refractivity contribution in [2.24, 2.45) is 7.05 Å². The van der Waals surface area contributed by atoms with E-state index in [-0.39, 0.29) is 17.9 Å². The summed E-state index contributed by atoms with van der Waals surface area (Å²) < 4.78 is 1.71. The molecule has 7 heteroatoms. The standard InChI is InChI=1S/C25H25N5O2/c1-16-22-14-20(15-26-23(22)30(4)28-16)25(32)29(3)17(2)19-11-8-12-21(13-19)27-24(31)18-9-6-5-7-10-18/h5-15,17H,1-4H3,(H,27,31)/t17-/m0/s1. The van der Waals surface area contributed by atoms with Crippen molar-refractivity contribution in [3.8, 4) is 0 Å². The van der Waals surface area contributed by atoms with Crippen LogP contribution in [-0.4, -0.2) is 38.5 Å². The molecule has 0 saturated carbocycles. The van der Waals surface area contributed by atoms with Crippen LogP contribution >= 0.6 is 0 Å². The third-order valence-electron chi connectivity index (χ3n) is 5.67. The fourth-order valence-electron chi connectivity index (χ4n) is 3.70. The van der Waals surface area contributed by atoms with Gasteiger partial charge in [0.05, 0.1) is 17.3 Å². The van der Waals surface area contributed by atoms with Gasteiger partial charge in [-0.05, 0) is 49.7 Å². The minimum absolute atomic E-state index is 0.131. The van der Waals surface area contributed by atoms with Crippen molar-refractivity contribution in [2.75, 3.05) is 12.4 Å². The van der Waals surface area contributed by atoms with E-state index < -0.39 is 0 Å². The van der Waals surface area contributed by atoms with E-state index in [0.717, 1.165) is 22.3 Å². The molecule has 0 fully saturated rings. The Bertz CT molecular complexity index is 1300. The van der Waals surface area contributed by atoms with Gasteiger partial charge in [0.25, 0.3) is 11.8 Å². The van der Waals surface area contributed by atoms with Gasteiger partial charge in [-0.2, -0.15) is 5.10 Å². The van der Waals surface area contributed by atoms with E-state index in [1.54, 1.807) is 35.0 Å². The fourth-order valence-corrected chi connectivity index (χ4v) is 3.70. The Morgan fingerprint density at radius 3 is 2.53 bits per heavy atom. The quantitative estimate of drug-likeness (QED) is 0.513. The Kier molecular flexibility index (Phi) is 5.73. The van der Waals surface area contributed by atoms with E-state index in [1.165, 1.54) is 0 Å². The van der Waals surface area contributed by atoms with Crippen LogP contribution in [0.4, 0.5) is 5.69 Å². The maximum absolute atomic E-state index is 13.2. The molecular formula is C25H25N5O2. The highest BCUT2D eigenvalue weighted by Gasteiger charge is 2.21. The van der Waals surface area contributed by atoms with Gasteiger partial charge in [-0.15, -0.1) is 0 Å². The lowest BCUT2D eigenvalue weighted by atomic mass is 10.1. The zero-order valence-electron chi connectivity index (χ0n) is 18.5. The van der Waals surface area contributed by atoms with Gasteiger partial charge in [0.2, 0.25) is 0 Å². The number of aryl methyl sites for hydroxylation is 2. The van der Waals surface area contributed by atoms with Crippen LogP contribution < -0.4 is 5.32 Å². The smallest absolute Gasteiger partial charge is 0.255 e. The van der Waals surface area contributed by atoms with Crippen LogP contribution in [0.25, 0.3) is 11.0 Å². The molecule has 0 spiro atoms. The largest absolute Gasteiger partial charge is 0.335 e. The number of amides is 2. The predicted octanol–water partition coefficient (Wildman–Crippen LogP) is 4.36. The lowest BCUT2D eigenvalue weighted by Crippen LogP contribution is -2.29. The first-order chi connectivity index (χ1) is 15.3. The van der Waals surface area contributed by atoms with E-state index in [0.29, 0.717) is 16.8 Å². The molecule has 2 heterocycles. The first kappa shape index (κ1) is 21.2. The van der Waals surface area contributed by atoms with Crippen molar-refractivity contribution in [3.63, 3.8) is 0 Å². The van der Waals surface area contributed by atoms with Crippen molar-refractivity contribution in [1.29, 1.82) is 0 Å². The van der Waals surface area contributed by atoms with Crippen LogP contribution in [0.15, 0.2) is 66.9 Å². The van der Waals surface area contributed by atoms with E-state index in [1.807, 2.05) is 69.4 Å². The number of hydrogen-bond donors (Lipinski definition) is 1. The van der Waals surface area contributed by atoms with Gasteiger partial charge in [-0.25, -0.2) is 4.98 Å². The van der Waals surface area contributed by atoms with Crippen LogP contribution in [0.2, 0.25) is 0 Å². The minimum Gasteiger partial charge on any atom is -0.335 e. The number of carbonyl (C=O) groups is 2. The Balaban J connectivity index is 1.53. The molecule has 2 aromatic heterocycles. The van der Waals surface area contributed by atoms with Gasteiger partial charge in [-0.3, -0.25) is 14.3 Å². The van der Waals surface area contributed by atoms with Crippen molar-refractivity contribution in [2.45, 2.75) is 19.9 Å². The summed E-state index contributed by atoms with van der Waals surface area (Å²) in [5, 5.41) is 8.15. The van der Waals surface area contributed by atoms with Gasteiger partial charge in [0.1, 0.15) is 0 Å². The zero-order chi connectivity index (χ0) is 22.8. The molecule has 2 amide bonds. The third-order valence-corrected chi connectivity index (χ3v) is 5.67. The number of benzene rings is 2. The van der Waals surface area contributed by atoms with Gasteiger partial charge >= 0.3 is 0 Å². The highest BCUT2D eigenvalue weighted by molar-refractivity contribution is 6.04. The Hall–Kier alpha value is -4.00. The molecule has 0 saturated heterocycles. The molecule has 1 atom stereocenters. The van der Waals surface area contributed by atoms with Crippen LogP contribution in [-0.2, 0) is 7.05 Å². The van der Waals surface area contributed by atoms with Crippen molar-refractivity contribution >= 4 is 28.5 Å². The molecule has 7 nitrogen and oxygen atoms in total. The second-order valence-corrected chi connectivity index (χ2v) is 7.84. The van der Waals surface area contributed by atoms with Crippen molar-refractivity contribution in [3.05, 3.63) is 89.2 Å². The van der Waals surface area contributed by atoms with E-state index in [4.69, 9.17) is 0 Å². The number of aromatic nitrogens is 3. The summed E-state index contributed by atoms with van der Waals surface area (Å²) in [7, 11) is 3.60. The Morgan fingerprint density at radius 1 is 1.03 bits per heavy atom. The molecule has 32 heavy (non-hydrogen) atoms. The van der Waals surface area contributed by atoms with E-state index >= 15 is 0 Å². The summed E-state index contributed by atoms with van der Waals surface area (Å²) >= 11 is 0. The van der Waals surface area contributed by atoms with Gasteiger partial charge < -0.3 is 10.2 Å². The molecule has 0 aliphatic carbocycles. The average Bonchev–Trinajstić information content (AvgIpc) is 3.11. The average molecular weight is 428 g/mol. The Morgan fingerprint density at radius 2 is 1.78 bits per heavy atom. The molecule has 0 aliphatic rings. The maximum Gasteiger partial charge on any atom is 0.255 e. The molecule has 0 bridgehead atoms. The van der Waals surface area contributed by atoms with Gasteiger partial charge in [0, 0.05) is 36.9 Å². The predicted molar refractivity (Wildman–Crippen MR) is 125 cm³/mol. The van der Waals surface area contributed by atoms with Gasteiger partial charge in [-0.1, -0.05) is 30.3 Å². The number of rotatable bonds is 5. The zero-order valence-corrected chi connectivity index (χ0v) is 18.5. The van der Waals surface area contributed by atoms with E-state index in [2.05, 4.69) is 15.4 Å². The highest BCUT2D eigenvalue weighted by Crippen LogP contribution is 2.25. The molecule has 2 aromatic carbocycles. The molecule has 4 rings (SSSR count). The molecule has 0 unspecified atom stereocenters. The number of nitrogens with one attached hydrogen (secondary N) is 1. The molecule has 0 radical (unpaired) electrons. The lowest BCUT2D eigenvalue weighted by Gasteiger charge is -2.26. The van der Waals surface area contributed by atoms with Crippen molar-refractivity contribution in [1.82, 2.24) is 19.7 Å². The minimum atomic E-state index is -0.207. The molecule has 1 N–H and O–H groups in total. The first-order valence-electron chi connectivity index (χ1n) is 10.4. The first-order valence-corrected chi connectivity index (χ1v) is 10.4. The third kappa shape index (κ3) is 4.09. The second kappa shape index (κ2) is 8.63. The monoisotopic (exact) mass is 427 g/mol. The van der Waals surface area contributed by atoms with Crippen LogP contribution in [0, 0.1) is 6.92 Å². The van der Waals surface area contributed by atoms with Crippen molar-refractivity contribution < 1.29 is 9.59 Å². The number of carbonyl (C=O) groups excluding carboxylic acids is 2. The molecule has 162 valence electrons. The summed E-state index contributed by atoms with van der Waals surface area (Å²) in [5.41, 5.74) is 4.28. The number of nitrogens with zero attached hydrogens (tertiary/aromatic N) is 4. The van der Waals surface area contributed by atoms with E-state index in [9.17, 15) is 9.59 Å². The second-order valence-electron chi connectivity index (χ2n) is 7.84. The summed E-state index contributed by atoms with van der Waals surface area (Å²) in [6.07, 6.45) is 1.59.